The maximum atomic E-state index is 13.4. The SMILES string of the molecule is O=C(NCCNCc1cccc(Br)c1)c1ccccc1F. The molecule has 0 aromatic heterocycles. The zero-order valence-electron chi connectivity index (χ0n) is 11.4. The van der Waals surface area contributed by atoms with Crippen molar-refractivity contribution in [3.63, 3.8) is 0 Å². The fraction of sp³-hybridized carbons (Fsp3) is 0.188. The van der Waals surface area contributed by atoms with Crippen LogP contribution in [0.1, 0.15) is 15.9 Å². The van der Waals surface area contributed by atoms with Crippen molar-refractivity contribution in [1.29, 1.82) is 0 Å². The van der Waals surface area contributed by atoms with Gasteiger partial charge in [-0.3, -0.25) is 4.79 Å². The van der Waals surface area contributed by atoms with E-state index in [1.165, 1.54) is 12.1 Å². The summed E-state index contributed by atoms with van der Waals surface area (Å²) in [7, 11) is 0. The van der Waals surface area contributed by atoms with E-state index in [9.17, 15) is 9.18 Å². The molecule has 2 rings (SSSR count). The molecule has 110 valence electrons. The molecule has 0 unspecified atom stereocenters. The zero-order chi connectivity index (χ0) is 15.1. The molecule has 3 nitrogen and oxygen atoms in total. The monoisotopic (exact) mass is 350 g/mol. The van der Waals surface area contributed by atoms with Crippen molar-refractivity contribution in [2.75, 3.05) is 13.1 Å². The number of nitrogens with one attached hydrogen (secondary N) is 2. The average molecular weight is 351 g/mol. The summed E-state index contributed by atoms with van der Waals surface area (Å²) in [6.45, 7) is 1.78. The third-order valence-corrected chi connectivity index (χ3v) is 3.42. The van der Waals surface area contributed by atoms with Crippen LogP contribution < -0.4 is 10.6 Å². The Balaban J connectivity index is 1.70. The molecular formula is C16H16BrFN2O. The largest absolute Gasteiger partial charge is 0.351 e. The summed E-state index contributed by atoms with van der Waals surface area (Å²) in [5.74, 6) is -0.894. The molecule has 0 heterocycles. The van der Waals surface area contributed by atoms with Gasteiger partial charge in [-0.25, -0.2) is 4.39 Å². The van der Waals surface area contributed by atoms with Crippen LogP contribution in [-0.4, -0.2) is 19.0 Å². The van der Waals surface area contributed by atoms with Gasteiger partial charge in [0.1, 0.15) is 5.82 Å². The molecule has 0 aliphatic rings. The summed E-state index contributed by atoms with van der Waals surface area (Å²) < 4.78 is 14.4. The first-order valence-electron chi connectivity index (χ1n) is 6.65. The van der Waals surface area contributed by atoms with Gasteiger partial charge in [-0.05, 0) is 29.8 Å². The van der Waals surface area contributed by atoms with Crippen LogP contribution in [0.5, 0.6) is 0 Å². The summed E-state index contributed by atoms with van der Waals surface area (Å²) in [4.78, 5) is 11.8. The fourth-order valence-corrected chi connectivity index (χ4v) is 2.33. The van der Waals surface area contributed by atoms with Gasteiger partial charge in [0, 0.05) is 24.1 Å². The predicted octanol–water partition coefficient (Wildman–Crippen LogP) is 3.11. The van der Waals surface area contributed by atoms with E-state index < -0.39 is 11.7 Å². The lowest BCUT2D eigenvalue weighted by Crippen LogP contribution is -2.32. The molecule has 0 aliphatic heterocycles. The first-order valence-corrected chi connectivity index (χ1v) is 7.44. The smallest absolute Gasteiger partial charge is 0.254 e. The highest BCUT2D eigenvalue weighted by atomic mass is 79.9. The Morgan fingerprint density at radius 3 is 2.67 bits per heavy atom. The van der Waals surface area contributed by atoms with Crippen LogP contribution in [0.2, 0.25) is 0 Å². The standard InChI is InChI=1S/C16H16BrFN2O/c17-13-5-3-4-12(10-13)11-19-8-9-20-16(21)14-6-1-2-7-15(14)18/h1-7,10,19H,8-9,11H2,(H,20,21). The van der Waals surface area contributed by atoms with Crippen LogP contribution in [-0.2, 0) is 6.54 Å². The number of hydrogen-bond acceptors (Lipinski definition) is 2. The summed E-state index contributed by atoms with van der Waals surface area (Å²) in [5, 5.41) is 5.91. The third kappa shape index (κ3) is 4.95. The van der Waals surface area contributed by atoms with Gasteiger partial charge in [0.15, 0.2) is 0 Å². The molecule has 1 amide bonds. The predicted molar refractivity (Wildman–Crippen MR) is 84.6 cm³/mol. The number of hydrogen-bond donors (Lipinski definition) is 2. The van der Waals surface area contributed by atoms with Gasteiger partial charge in [0.05, 0.1) is 5.56 Å². The first kappa shape index (κ1) is 15.7. The van der Waals surface area contributed by atoms with E-state index in [1.54, 1.807) is 12.1 Å². The Bertz CT molecular complexity index is 619. The van der Waals surface area contributed by atoms with Crippen molar-refractivity contribution >= 4 is 21.8 Å². The number of rotatable bonds is 6. The van der Waals surface area contributed by atoms with Crippen LogP contribution >= 0.6 is 15.9 Å². The van der Waals surface area contributed by atoms with Gasteiger partial charge in [-0.2, -0.15) is 0 Å². The second-order valence-electron chi connectivity index (χ2n) is 4.54. The molecule has 2 N–H and O–H groups in total. The maximum absolute atomic E-state index is 13.4. The zero-order valence-corrected chi connectivity index (χ0v) is 13.0. The van der Waals surface area contributed by atoms with Gasteiger partial charge in [0.25, 0.3) is 5.91 Å². The van der Waals surface area contributed by atoms with E-state index in [0.717, 1.165) is 16.6 Å². The minimum atomic E-state index is -0.503. The van der Waals surface area contributed by atoms with Gasteiger partial charge >= 0.3 is 0 Å². The number of halogens is 2. The first-order chi connectivity index (χ1) is 10.2. The molecule has 0 fully saturated rings. The van der Waals surface area contributed by atoms with Crippen molar-refractivity contribution < 1.29 is 9.18 Å². The Morgan fingerprint density at radius 1 is 1.10 bits per heavy atom. The van der Waals surface area contributed by atoms with Crippen LogP contribution in [0.15, 0.2) is 53.0 Å². The lowest BCUT2D eigenvalue weighted by molar-refractivity contribution is 0.0950. The van der Waals surface area contributed by atoms with E-state index in [4.69, 9.17) is 0 Å². The molecule has 5 heteroatoms. The van der Waals surface area contributed by atoms with Crippen molar-refractivity contribution in [3.05, 3.63) is 69.9 Å². The summed E-state index contributed by atoms with van der Waals surface area (Å²) in [5.41, 5.74) is 1.23. The number of benzene rings is 2. The quantitative estimate of drug-likeness (QED) is 0.786. The molecule has 0 radical (unpaired) electrons. The van der Waals surface area contributed by atoms with Crippen LogP contribution in [0.4, 0.5) is 4.39 Å². The van der Waals surface area contributed by atoms with E-state index in [0.29, 0.717) is 13.1 Å². The molecule has 0 spiro atoms. The number of carbonyl (C=O) groups excluding carboxylic acids is 1. The Morgan fingerprint density at radius 2 is 1.90 bits per heavy atom. The van der Waals surface area contributed by atoms with Crippen molar-refractivity contribution in [3.8, 4) is 0 Å². The molecule has 2 aromatic rings. The topological polar surface area (TPSA) is 41.1 Å². The van der Waals surface area contributed by atoms with E-state index in [-0.39, 0.29) is 5.56 Å². The molecule has 2 aromatic carbocycles. The molecular weight excluding hydrogens is 335 g/mol. The minimum absolute atomic E-state index is 0.0736. The highest BCUT2D eigenvalue weighted by Gasteiger charge is 2.09. The molecule has 0 saturated heterocycles. The Hall–Kier alpha value is -1.72. The van der Waals surface area contributed by atoms with E-state index in [2.05, 4.69) is 26.6 Å². The van der Waals surface area contributed by atoms with Gasteiger partial charge in [-0.15, -0.1) is 0 Å². The Labute approximate surface area is 131 Å². The second-order valence-corrected chi connectivity index (χ2v) is 5.46. The average Bonchev–Trinajstić information content (AvgIpc) is 2.47. The molecule has 0 aliphatic carbocycles. The summed E-state index contributed by atoms with van der Waals surface area (Å²) in [6.07, 6.45) is 0. The summed E-state index contributed by atoms with van der Waals surface area (Å²) >= 11 is 3.42. The number of amides is 1. The van der Waals surface area contributed by atoms with Gasteiger partial charge in [-0.1, -0.05) is 40.2 Å². The van der Waals surface area contributed by atoms with E-state index in [1.807, 2.05) is 24.3 Å². The van der Waals surface area contributed by atoms with Crippen LogP contribution in [0.25, 0.3) is 0 Å². The normalized spacial score (nSPS) is 10.4. The molecule has 0 saturated carbocycles. The molecule has 0 atom stereocenters. The summed E-state index contributed by atoms with van der Waals surface area (Å²) in [6, 6.07) is 14.0. The van der Waals surface area contributed by atoms with Gasteiger partial charge < -0.3 is 10.6 Å². The molecule has 21 heavy (non-hydrogen) atoms. The minimum Gasteiger partial charge on any atom is -0.351 e. The Kier molecular flexibility index (Phi) is 5.90. The van der Waals surface area contributed by atoms with Crippen molar-refractivity contribution in [2.45, 2.75) is 6.54 Å². The van der Waals surface area contributed by atoms with E-state index >= 15 is 0 Å². The van der Waals surface area contributed by atoms with Gasteiger partial charge in [0.2, 0.25) is 0 Å². The fourth-order valence-electron chi connectivity index (χ4n) is 1.88. The van der Waals surface area contributed by atoms with Crippen molar-refractivity contribution in [2.24, 2.45) is 0 Å². The second kappa shape index (κ2) is 7.90. The van der Waals surface area contributed by atoms with Crippen LogP contribution in [0.3, 0.4) is 0 Å². The highest BCUT2D eigenvalue weighted by Crippen LogP contribution is 2.11. The maximum Gasteiger partial charge on any atom is 0.254 e. The highest BCUT2D eigenvalue weighted by molar-refractivity contribution is 9.10. The third-order valence-electron chi connectivity index (χ3n) is 2.92. The number of carbonyl (C=O) groups is 1. The molecule has 0 bridgehead atoms. The van der Waals surface area contributed by atoms with Crippen molar-refractivity contribution in [1.82, 2.24) is 10.6 Å². The lowest BCUT2D eigenvalue weighted by Gasteiger charge is -2.08. The lowest BCUT2D eigenvalue weighted by atomic mass is 10.2. The van der Waals surface area contributed by atoms with Crippen LogP contribution in [0, 0.1) is 5.82 Å².